The molecule has 2 N–H and O–H groups in total. The molecule has 15 heavy (non-hydrogen) atoms. The van der Waals surface area contributed by atoms with Crippen molar-refractivity contribution >= 4 is 17.4 Å². The van der Waals surface area contributed by atoms with E-state index in [1.807, 2.05) is 4.68 Å². The highest BCUT2D eigenvalue weighted by atomic mass is 35.5. The Bertz CT molecular complexity index is 349. The van der Waals surface area contributed by atoms with E-state index in [-0.39, 0.29) is 5.41 Å². The summed E-state index contributed by atoms with van der Waals surface area (Å²) in [4.78, 5) is 0. The minimum atomic E-state index is -0.0656. The van der Waals surface area contributed by atoms with E-state index in [2.05, 4.69) is 39.7 Å². The molecule has 1 rings (SSSR count). The van der Waals surface area contributed by atoms with E-state index in [1.165, 1.54) is 0 Å². The van der Waals surface area contributed by atoms with Gasteiger partial charge in [0.15, 0.2) is 0 Å². The number of rotatable bonds is 2. The van der Waals surface area contributed by atoms with Gasteiger partial charge in [0.05, 0.1) is 11.7 Å². The first kappa shape index (κ1) is 12.4. The molecule has 0 spiro atoms. The normalized spacial score (nSPS) is 14.3. The molecular weight excluding hydrogens is 210 g/mol. The van der Waals surface area contributed by atoms with Crippen LogP contribution in [-0.4, -0.2) is 9.78 Å². The molecule has 0 bridgehead atoms. The molecular formula is C11H20ClN3. The van der Waals surface area contributed by atoms with Crippen LogP contribution in [0.2, 0.25) is 5.02 Å². The summed E-state index contributed by atoms with van der Waals surface area (Å²) in [5.74, 6) is 0.580. The van der Waals surface area contributed by atoms with Crippen LogP contribution in [0.25, 0.3) is 0 Å². The molecule has 0 saturated carbocycles. The van der Waals surface area contributed by atoms with Crippen LogP contribution in [0.1, 0.15) is 52.8 Å². The molecule has 1 unspecified atom stereocenters. The number of nitrogens with zero attached hydrogens (tertiary/aromatic N) is 2. The predicted octanol–water partition coefficient (Wildman–Crippen LogP) is 3.39. The quantitative estimate of drug-likeness (QED) is 0.845. The van der Waals surface area contributed by atoms with Crippen LogP contribution < -0.4 is 5.73 Å². The number of hydrogen-bond acceptors (Lipinski definition) is 2. The zero-order valence-corrected chi connectivity index (χ0v) is 10.9. The van der Waals surface area contributed by atoms with Crippen LogP contribution in [0, 0.1) is 0 Å². The van der Waals surface area contributed by atoms with Gasteiger partial charge in [0, 0.05) is 5.41 Å². The Morgan fingerprint density at radius 1 is 1.47 bits per heavy atom. The molecule has 3 nitrogen and oxygen atoms in total. The predicted molar refractivity (Wildman–Crippen MR) is 65.4 cm³/mol. The molecule has 1 atom stereocenters. The van der Waals surface area contributed by atoms with Crippen molar-refractivity contribution in [3.05, 3.63) is 10.7 Å². The van der Waals surface area contributed by atoms with Gasteiger partial charge in [-0.1, -0.05) is 39.3 Å². The van der Waals surface area contributed by atoms with Gasteiger partial charge in [-0.2, -0.15) is 5.10 Å². The summed E-state index contributed by atoms with van der Waals surface area (Å²) < 4.78 is 1.82. The third kappa shape index (κ3) is 2.28. The molecule has 4 heteroatoms. The largest absolute Gasteiger partial charge is 0.383 e. The topological polar surface area (TPSA) is 43.8 Å². The maximum Gasteiger partial charge on any atom is 0.141 e. The molecule has 0 radical (unpaired) electrons. The lowest BCUT2D eigenvalue weighted by atomic mass is 9.92. The fourth-order valence-electron chi connectivity index (χ4n) is 1.42. The second-order valence-electron chi connectivity index (χ2n) is 5.00. The molecule has 0 aliphatic rings. The molecule has 0 amide bonds. The first-order valence-electron chi connectivity index (χ1n) is 5.33. The Hall–Kier alpha value is -0.700. The van der Waals surface area contributed by atoms with Gasteiger partial charge in [0.2, 0.25) is 0 Å². The lowest BCUT2D eigenvalue weighted by molar-refractivity contribution is 0.463. The lowest BCUT2D eigenvalue weighted by Gasteiger charge is -2.15. The van der Waals surface area contributed by atoms with Crippen molar-refractivity contribution in [2.24, 2.45) is 0 Å². The monoisotopic (exact) mass is 229 g/mol. The van der Waals surface area contributed by atoms with Crippen LogP contribution in [0.4, 0.5) is 5.82 Å². The molecule has 0 saturated heterocycles. The minimum Gasteiger partial charge on any atom is -0.383 e. The van der Waals surface area contributed by atoms with Crippen molar-refractivity contribution in [3.63, 3.8) is 0 Å². The van der Waals surface area contributed by atoms with E-state index in [0.717, 1.165) is 12.1 Å². The first-order valence-corrected chi connectivity index (χ1v) is 5.70. The zero-order chi connectivity index (χ0) is 11.8. The standard InChI is InChI=1S/C11H20ClN3/c1-6-7(2)15-10(13)8(12)9(14-15)11(3,4)5/h7H,6,13H2,1-5H3. The van der Waals surface area contributed by atoms with Crippen LogP contribution in [0.3, 0.4) is 0 Å². The highest BCUT2D eigenvalue weighted by molar-refractivity contribution is 6.33. The van der Waals surface area contributed by atoms with Crippen LogP contribution in [0.15, 0.2) is 0 Å². The van der Waals surface area contributed by atoms with Gasteiger partial charge in [-0.15, -0.1) is 0 Å². The molecule has 1 aromatic heterocycles. The van der Waals surface area contributed by atoms with Crippen molar-refractivity contribution < 1.29 is 0 Å². The van der Waals surface area contributed by atoms with Crippen LogP contribution in [0.5, 0.6) is 0 Å². The van der Waals surface area contributed by atoms with Gasteiger partial charge in [0.25, 0.3) is 0 Å². The molecule has 0 fully saturated rings. The van der Waals surface area contributed by atoms with E-state index in [0.29, 0.717) is 16.9 Å². The minimum absolute atomic E-state index is 0.0656. The third-order valence-corrected chi connectivity index (χ3v) is 2.98. The average Bonchev–Trinajstić information content (AvgIpc) is 2.42. The van der Waals surface area contributed by atoms with E-state index < -0.39 is 0 Å². The number of halogens is 1. The number of nitrogens with two attached hydrogens (primary N) is 1. The summed E-state index contributed by atoms with van der Waals surface area (Å²) in [6.45, 7) is 10.5. The maximum atomic E-state index is 6.19. The van der Waals surface area contributed by atoms with E-state index >= 15 is 0 Å². The van der Waals surface area contributed by atoms with Crippen molar-refractivity contribution in [2.45, 2.75) is 52.5 Å². The van der Waals surface area contributed by atoms with E-state index in [4.69, 9.17) is 17.3 Å². The van der Waals surface area contributed by atoms with E-state index in [9.17, 15) is 0 Å². The molecule has 0 aromatic carbocycles. The number of anilines is 1. The van der Waals surface area contributed by atoms with Gasteiger partial charge in [-0.3, -0.25) is 0 Å². The SMILES string of the molecule is CCC(C)n1nc(C(C)(C)C)c(Cl)c1N. The molecule has 0 aliphatic heterocycles. The number of nitrogen functional groups attached to an aromatic ring is 1. The van der Waals surface area contributed by atoms with E-state index in [1.54, 1.807) is 0 Å². The molecule has 0 aliphatic carbocycles. The third-order valence-electron chi connectivity index (χ3n) is 2.61. The Labute approximate surface area is 96.6 Å². The summed E-state index contributed by atoms with van der Waals surface area (Å²) in [5.41, 5.74) is 6.76. The van der Waals surface area contributed by atoms with Gasteiger partial charge < -0.3 is 5.73 Å². The van der Waals surface area contributed by atoms with Crippen molar-refractivity contribution in [1.29, 1.82) is 0 Å². The lowest BCUT2D eigenvalue weighted by Crippen LogP contribution is -2.14. The average molecular weight is 230 g/mol. The fraction of sp³-hybridized carbons (Fsp3) is 0.727. The second-order valence-corrected chi connectivity index (χ2v) is 5.38. The first-order chi connectivity index (χ1) is 6.79. The Morgan fingerprint density at radius 3 is 2.33 bits per heavy atom. The maximum absolute atomic E-state index is 6.19. The van der Waals surface area contributed by atoms with Crippen LogP contribution in [-0.2, 0) is 5.41 Å². The summed E-state index contributed by atoms with van der Waals surface area (Å²) in [6.07, 6.45) is 0.992. The molecule has 1 aromatic rings. The highest BCUT2D eigenvalue weighted by Gasteiger charge is 2.25. The number of hydrogen-bond donors (Lipinski definition) is 1. The summed E-state index contributed by atoms with van der Waals surface area (Å²) in [5, 5.41) is 5.11. The second kappa shape index (κ2) is 4.05. The van der Waals surface area contributed by atoms with Gasteiger partial charge in [-0.25, -0.2) is 4.68 Å². The van der Waals surface area contributed by atoms with Crippen molar-refractivity contribution in [2.75, 3.05) is 5.73 Å². The zero-order valence-electron chi connectivity index (χ0n) is 10.1. The summed E-state index contributed by atoms with van der Waals surface area (Å²) in [6, 6.07) is 0.290. The Kier molecular flexibility index (Phi) is 3.34. The van der Waals surface area contributed by atoms with Crippen molar-refractivity contribution in [3.8, 4) is 0 Å². The summed E-state index contributed by atoms with van der Waals surface area (Å²) in [7, 11) is 0. The molecule has 1 heterocycles. The van der Waals surface area contributed by atoms with Crippen LogP contribution >= 0.6 is 11.6 Å². The summed E-state index contributed by atoms with van der Waals surface area (Å²) >= 11 is 6.19. The molecule has 86 valence electrons. The van der Waals surface area contributed by atoms with Gasteiger partial charge >= 0.3 is 0 Å². The number of aromatic nitrogens is 2. The Morgan fingerprint density at radius 2 is 2.00 bits per heavy atom. The highest BCUT2D eigenvalue weighted by Crippen LogP contribution is 2.34. The Balaban J connectivity index is 3.24. The van der Waals surface area contributed by atoms with Gasteiger partial charge in [-0.05, 0) is 13.3 Å². The van der Waals surface area contributed by atoms with Crippen molar-refractivity contribution in [1.82, 2.24) is 9.78 Å². The fourth-order valence-corrected chi connectivity index (χ4v) is 1.82. The van der Waals surface area contributed by atoms with Gasteiger partial charge in [0.1, 0.15) is 10.8 Å². The smallest absolute Gasteiger partial charge is 0.141 e.